The van der Waals surface area contributed by atoms with Crippen LogP contribution in [0, 0.1) is 17.6 Å². The van der Waals surface area contributed by atoms with Gasteiger partial charge < -0.3 is 5.73 Å². The van der Waals surface area contributed by atoms with E-state index in [1.165, 1.54) is 4.31 Å². The Kier molecular flexibility index (Phi) is 4.41. The molecule has 0 saturated carbocycles. The predicted molar refractivity (Wildman–Crippen MR) is 71.5 cm³/mol. The molecule has 0 aromatic heterocycles. The standard InChI is InChI=1S/C13H18F2N2O2S/c1-9-2-3-17(12(4-9)8-16)20(18,19)13-6-10(14)5-11(15)7-13/h5-7,9,12H,2-4,8,16H2,1H3. The molecule has 0 amide bonds. The normalized spacial score (nSPS) is 24.8. The maximum Gasteiger partial charge on any atom is 0.243 e. The molecule has 2 unspecified atom stereocenters. The van der Waals surface area contributed by atoms with Crippen LogP contribution in [0.5, 0.6) is 0 Å². The van der Waals surface area contributed by atoms with Gasteiger partial charge in [0, 0.05) is 25.2 Å². The van der Waals surface area contributed by atoms with E-state index in [9.17, 15) is 17.2 Å². The second kappa shape index (κ2) is 5.75. The van der Waals surface area contributed by atoms with E-state index in [1.54, 1.807) is 0 Å². The highest BCUT2D eigenvalue weighted by atomic mass is 32.2. The lowest BCUT2D eigenvalue weighted by Crippen LogP contribution is -2.49. The number of nitrogens with zero attached hydrogens (tertiary/aromatic N) is 1. The Bertz CT molecular complexity index is 572. The molecule has 4 nitrogen and oxygen atoms in total. The lowest BCUT2D eigenvalue weighted by atomic mass is 9.94. The quantitative estimate of drug-likeness (QED) is 0.924. The molecule has 0 radical (unpaired) electrons. The maximum atomic E-state index is 13.2. The first kappa shape index (κ1) is 15.3. The summed E-state index contributed by atoms with van der Waals surface area (Å²) in [4.78, 5) is -0.358. The molecule has 2 atom stereocenters. The predicted octanol–water partition coefficient (Wildman–Crippen LogP) is 1.71. The van der Waals surface area contributed by atoms with E-state index in [0.29, 0.717) is 31.4 Å². The topological polar surface area (TPSA) is 63.4 Å². The Morgan fingerprint density at radius 2 is 1.90 bits per heavy atom. The van der Waals surface area contributed by atoms with Crippen LogP contribution in [0.15, 0.2) is 23.1 Å². The smallest absolute Gasteiger partial charge is 0.243 e. The largest absolute Gasteiger partial charge is 0.329 e. The number of halogens is 2. The van der Waals surface area contributed by atoms with Gasteiger partial charge in [-0.25, -0.2) is 17.2 Å². The fourth-order valence-electron chi connectivity index (χ4n) is 2.57. The van der Waals surface area contributed by atoms with Gasteiger partial charge >= 0.3 is 0 Å². The Hall–Kier alpha value is -1.05. The number of piperidine rings is 1. The number of hydrogen-bond donors (Lipinski definition) is 1. The van der Waals surface area contributed by atoms with Crippen molar-refractivity contribution in [3.05, 3.63) is 29.8 Å². The third-order valence-electron chi connectivity index (χ3n) is 3.64. The molecule has 112 valence electrons. The summed E-state index contributed by atoms with van der Waals surface area (Å²) in [6.07, 6.45) is 1.38. The van der Waals surface area contributed by atoms with Crippen molar-refractivity contribution in [2.24, 2.45) is 11.7 Å². The van der Waals surface area contributed by atoms with Crippen LogP contribution >= 0.6 is 0 Å². The number of sulfonamides is 1. The molecule has 20 heavy (non-hydrogen) atoms. The summed E-state index contributed by atoms with van der Waals surface area (Å²) in [6, 6.07) is 2.00. The van der Waals surface area contributed by atoms with Gasteiger partial charge in [0.15, 0.2) is 0 Å². The summed E-state index contributed by atoms with van der Waals surface area (Å²) in [6.45, 7) is 2.55. The van der Waals surface area contributed by atoms with Crippen molar-refractivity contribution >= 4 is 10.0 Å². The molecule has 2 N–H and O–H groups in total. The van der Waals surface area contributed by atoms with Crippen LogP contribution in [-0.2, 0) is 10.0 Å². The molecule has 1 aromatic carbocycles. The fraction of sp³-hybridized carbons (Fsp3) is 0.538. The van der Waals surface area contributed by atoms with Gasteiger partial charge in [-0.15, -0.1) is 0 Å². The third kappa shape index (κ3) is 2.99. The van der Waals surface area contributed by atoms with Crippen molar-refractivity contribution in [2.45, 2.75) is 30.7 Å². The van der Waals surface area contributed by atoms with Crippen LogP contribution in [0.3, 0.4) is 0 Å². The highest BCUT2D eigenvalue weighted by Crippen LogP contribution is 2.28. The minimum absolute atomic E-state index is 0.196. The summed E-state index contributed by atoms with van der Waals surface area (Å²) in [5.74, 6) is -1.42. The molecule has 1 fully saturated rings. The Balaban J connectivity index is 2.38. The van der Waals surface area contributed by atoms with Crippen molar-refractivity contribution in [3.8, 4) is 0 Å². The summed E-state index contributed by atoms with van der Waals surface area (Å²) in [7, 11) is -3.92. The van der Waals surface area contributed by atoms with Gasteiger partial charge in [-0.3, -0.25) is 0 Å². The minimum Gasteiger partial charge on any atom is -0.329 e. The van der Waals surface area contributed by atoms with Crippen molar-refractivity contribution < 1.29 is 17.2 Å². The zero-order chi connectivity index (χ0) is 14.9. The van der Waals surface area contributed by atoms with E-state index in [0.717, 1.165) is 12.1 Å². The molecule has 1 aliphatic rings. The minimum atomic E-state index is -3.92. The summed E-state index contributed by atoms with van der Waals surface area (Å²) < 4.78 is 52.7. The van der Waals surface area contributed by atoms with Gasteiger partial charge in [0.05, 0.1) is 4.90 Å². The molecule has 1 saturated heterocycles. The van der Waals surface area contributed by atoms with Gasteiger partial charge in [-0.05, 0) is 30.9 Å². The lowest BCUT2D eigenvalue weighted by Gasteiger charge is -2.36. The van der Waals surface area contributed by atoms with Gasteiger partial charge in [-0.2, -0.15) is 4.31 Å². The lowest BCUT2D eigenvalue weighted by molar-refractivity contribution is 0.211. The van der Waals surface area contributed by atoms with Gasteiger partial charge in [0.2, 0.25) is 10.0 Å². The van der Waals surface area contributed by atoms with Crippen molar-refractivity contribution in [1.29, 1.82) is 0 Å². The zero-order valence-corrected chi connectivity index (χ0v) is 12.0. The van der Waals surface area contributed by atoms with Crippen molar-refractivity contribution in [2.75, 3.05) is 13.1 Å². The molecular weight excluding hydrogens is 286 g/mol. The van der Waals surface area contributed by atoms with Crippen LogP contribution in [-0.4, -0.2) is 31.9 Å². The molecule has 2 rings (SSSR count). The Morgan fingerprint density at radius 3 is 2.45 bits per heavy atom. The number of nitrogens with two attached hydrogens (primary N) is 1. The van der Waals surface area contributed by atoms with Crippen LogP contribution < -0.4 is 5.73 Å². The number of rotatable bonds is 3. The monoisotopic (exact) mass is 304 g/mol. The molecule has 0 aliphatic carbocycles. The Labute approximate surface area is 117 Å². The second-order valence-electron chi connectivity index (χ2n) is 5.24. The van der Waals surface area contributed by atoms with Crippen molar-refractivity contribution in [3.63, 3.8) is 0 Å². The fourth-order valence-corrected chi connectivity index (χ4v) is 4.28. The average molecular weight is 304 g/mol. The van der Waals surface area contributed by atoms with E-state index in [4.69, 9.17) is 5.73 Å². The third-order valence-corrected chi connectivity index (χ3v) is 5.57. The first-order valence-corrected chi connectivity index (χ1v) is 7.96. The summed E-state index contributed by atoms with van der Waals surface area (Å²) in [5.41, 5.74) is 5.64. The first-order chi connectivity index (χ1) is 9.34. The van der Waals surface area contributed by atoms with Crippen molar-refractivity contribution in [1.82, 2.24) is 4.31 Å². The SMILES string of the molecule is CC1CCN(S(=O)(=O)c2cc(F)cc(F)c2)C(CN)C1. The molecule has 7 heteroatoms. The van der Waals surface area contributed by atoms with Crippen LogP contribution in [0.2, 0.25) is 0 Å². The summed E-state index contributed by atoms with van der Waals surface area (Å²) in [5, 5.41) is 0. The zero-order valence-electron chi connectivity index (χ0n) is 11.2. The van der Waals surface area contributed by atoms with Crippen LogP contribution in [0.25, 0.3) is 0 Å². The van der Waals surface area contributed by atoms with Gasteiger partial charge in [0.25, 0.3) is 0 Å². The molecule has 0 spiro atoms. The van der Waals surface area contributed by atoms with Crippen LogP contribution in [0.4, 0.5) is 8.78 Å². The number of hydrogen-bond acceptors (Lipinski definition) is 3. The highest BCUT2D eigenvalue weighted by molar-refractivity contribution is 7.89. The average Bonchev–Trinajstić information content (AvgIpc) is 2.37. The van der Waals surface area contributed by atoms with E-state index in [-0.39, 0.29) is 17.5 Å². The second-order valence-corrected chi connectivity index (χ2v) is 7.13. The Morgan fingerprint density at radius 1 is 1.30 bits per heavy atom. The van der Waals surface area contributed by atoms with E-state index in [1.807, 2.05) is 6.92 Å². The number of benzene rings is 1. The maximum absolute atomic E-state index is 13.2. The molecule has 1 aliphatic heterocycles. The van der Waals surface area contributed by atoms with Crippen LogP contribution in [0.1, 0.15) is 19.8 Å². The molecule has 1 aromatic rings. The van der Waals surface area contributed by atoms with E-state index in [2.05, 4.69) is 0 Å². The molecule has 0 bridgehead atoms. The van der Waals surface area contributed by atoms with Gasteiger partial charge in [0.1, 0.15) is 11.6 Å². The van der Waals surface area contributed by atoms with E-state index >= 15 is 0 Å². The van der Waals surface area contributed by atoms with Gasteiger partial charge in [-0.1, -0.05) is 6.92 Å². The highest BCUT2D eigenvalue weighted by Gasteiger charge is 2.35. The van der Waals surface area contributed by atoms with E-state index < -0.39 is 21.7 Å². The first-order valence-electron chi connectivity index (χ1n) is 6.52. The summed E-state index contributed by atoms with van der Waals surface area (Å²) >= 11 is 0. The molecular formula is C13H18F2N2O2S. The molecule has 1 heterocycles.